The van der Waals surface area contributed by atoms with Gasteiger partial charge in [0.2, 0.25) is 0 Å². The number of hydrogen-bond donors (Lipinski definition) is 3. The quantitative estimate of drug-likeness (QED) is 0.175. The van der Waals surface area contributed by atoms with Crippen molar-refractivity contribution in [2.45, 2.75) is 12.5 Å². The normalized spacial score (nSPS) is 12.7. The minimum Gasteiger partial charge on any atom is -0.469 e. The van der Waals surface area contributed by atoms with E-state index < -0.39 is 17.9 Å². The van der Waals surface area contributed by atoms with Gasteiger partial charge in [0, 0.05) is 11.1 Å². The molecule has 4 rings (SSSR count). The van der Waals surface area contributed by atoms with E-state index in [-0.39, 0.29) is 18.2 Å². The minimum absolute atomic E-state index is 0.0541. The summed E-state index contributed by atoms with van der Waals surface area (Å²) in [6, 6.07) is 29.5. The fourth-order valence-corrected chi connectivity index (χ4v) is 4.26. The van der Waals surface area contributed by atoms with Gasteiger partial charge < -0.3 is 15.8 Å². The second-order valence-electron chi connectivity index (χ2n) is 8.78. The van der Waals surface area contributed by atoms with Crippen molar-refractivity contribution in [3.05, 3.63) is 125 Å². The first-order valence-corrected chi connectivity index (χ1v) is 12.0. The highest BCUT2D eigenvalue weighted by atomic mass is 16.5. The molecule has 4 aromatic rings. The molecule has 2 unspecified atom stereocenters. The molecule has 6 nitrogen and oxygen atoms in total. The van der Waals surface area contributed by atoms with E-state index in [1.165, 1.54) is 7.11 Å². The standard InChI is InChI=1S/C31H29N3O3/c1-37-31(36)27(19-22-10-7-13-25(18-22)29(32)33)28(17-14-21-8-3-2-4-9-21)34-30(35)26-16-15-23-11-5-6-12-24(23)20-26/h2-18,20,27-28H,19H2,1H3,(H3,32,33)(H,34,35)/b17-14+. The number of amidine groups is 1. The van der Waals surface area contributed by atoms with Crippen molar-refractivity contribution in [3.63, 3.8) is 0 Å². The lowest BCUT2D eigenvalue weighted by molar-refractivity contribution is -0.145. The minimum atomic E-state index is -0.712. The zero-order valence-corrected chi connectivity index (χ0v) is 20.6. The highest BCUT2D eigenvalue weighted by molar-refractivity contribution is 5.99. The van der Waals surface area contributed by atoms with Gasteiger partial charge in [-0.1, -0.05) is 91.0 Å². The van der Waals surface area contributed by atoms with Gasteiger partial charge in [-0.05, 0) is 46.5 Å². The van der Waals surface area contributed by atoms with Crippen molar-refractivity contribution in [2.75, 3.05) is 7.11 Å². The van der Waals surface area contributed by atoms with E-state index in [4.69, 9.17) is 15.9 Å². The van der Waals surface area contributed by atoms with Crippen molar-refractivity contribution in [1.29, 1.82) is 5.41 Å². The Hall–Kier alpha value is -4.71. The van der Waals surface area contributed by atoms with Crippen LogP contribution in [0.25, 0.3) is 16.8 Å². The van der Waals surface area contributed by atoms with E-state index in [0.717, 1.165) is 21.9 Å². The number of carbonyl (C=O) groups excluding carboxylic acids is 2. The fraction of sp³-hybridized carbons (Fsp3) is 0.129. The Morgan fingerprint density at radius 3 is 2.35 bits per heavy atom. The number of benzene rings is 4. The monoisotopic (exact) mass is 491 g/mol. The molecule has 4 N–H and O–H groups in total. The van der Waals surface area contributed by atoms with E-state index in [1.54, 1.807) is 24.3 Å². The van der Waals surface area contributed by atoms with Crippen LogP contribution in [-0.2, 0) is 16.0 Å². The Bertz CT molecular complexity index is 1450. The number of ether oxygens (including phenoxy) is 1. The summed E-state index contributed by atoms with van der Waals surface area (Å²) < 4.78 is 5.15. The average molecular weight is 492 g/mol. The topological polar surface area (TPSA) is 105 Å². The Morgan fingerprint density at radius 2 is 1.62 bits per heavy atom. The third-order valence-corrected chi connectivity index (χ3v) is 6.24. The number of carbonyl (C=O) groups is 2. The maximum Gasteiger partial charge on any atom is 0.311 e. The van der Waals surface area contributed by atoms with E-state index in [0.29, 0.717) is 11.1 Å². The van der Waals surface area contributed by atoms with Gasteiger partial charge in [-0.2, -0.15) is 0 Å². The number of amides is 1. The summed E-state index contributed by atoms with van der Waals surface area (Å²) in [4.78, 5) is 26.4. The maximum absolute atomic E-state index is 13.4. The number of nitrogens with one attached hydrogen (secondary N) is 2. The molecular weight excluding hydrogens is 462 g/mol. The summed E-state index contributed by atoms with van der Waals surface area (Å²) >= 11 is 0. The zero-order chi connectivity index (χ0) is 26.2. The molecule has 0 spiro atoms. The van der Waals surface area contributed by atoms with Gasteiger partial charge in [0.15, 0.2) is 0 Å². The zero-order valence-electron chi connectivity index (χ0n) is 20.6. The Balaban J connectivity index is 1.68. The Labute approximate surface area is 216 Å². The molecule has 4 aromatic carbocycles. The van der Waals surface area contributed by atoms with Gasteiger partial charge in [-0.15, -0.1) is 0 Å². The third kappa shape index (κ3) is 6.49. The van der Waals surface area contributed by atoms with Crippen LogP contribution in [0, 0.1) is 11.3 Å². The van der Waals surface area contributed by atoms with Gasteiger partial charge in [-0.3, -0.25) is 15.0 Å². The van der Waals surface area contributed by atoms with Crippen LogP contribution in [0.2, 0.25) is 0 Å². The summed E-state index contributed by atoms with van der Waals surface area (Å²) in [5.74, 6) is -1.51. The molecular formula is C31H29N3O3. The number of esters is 1. The van der Waals surface area contributed by atoms with E-state index in [9.17, 15) is 9.59 Å². The molecule has 0 saturated carbocycles. The maximum atomic E-state index is 13.4. The van der Waals surface area contributed by atoms with E-state index in [2.05, 4.69) is 5.32 Å². The SMILES string of the molecule is COC(=O)C(Cc1cccc(C(=N)N)c1)C(/C=C/c1ccccc1)NC(=O)c1ccc2ccccc2c1. The van der Waals surface area contributed by atoms with Crippen molar-refractivity contribution >= 4 is 34.6 Å². The smallest absolute Gasteiger partial charge is 0.311 e. The molecule has 0 fully saturated rings. The summed E-state index contributed by atoms with van der Waals surface area (Å²) in [7, 11) is 1.34. The number of nitrogen functional groups attached to an aromatic ring is 1. The van der Waals surface area contributed by atoms with Crippen molar-refractivity contribution in [3.8, 4) is 0 Å². The molecule has 0 aliphatic carbocycles. The van der Waals surface area contributed by atoms with Crippen molar-refractivity contribution in [1.82, 2.24) is 5.32 Å². The number of fused-ring (bicyclic) bond motifs is 1. The van der Waals surface area contributed by atoms with Gasteiger partial charge in [-0.25, -0.2) is 0 Å². The van der Waals surface area contributed by atoms with E-state index in [1.807, 2.05) is 84.9 Å². The Kier molecular flexibility index (Phi) is 8.11. The van der Waals surface area contributed by atoms with Gasteiger partial charge in [0.25, 0.3) is 5.91 Å². The van der Waals surface area contributed by atoms with Gasteiger partial charge >= 0.3 is 5.97 Å². The number of rotatable bonds is 9. The number of nitrogens with two attached hydrogens (primary N) is 1. The molecule has 0 heterocycles. The van der Waals surface area contributed by atoms with Crippen LogP contribution in [0.15, 0.2) is 103 Å². The summed E-state index contributed by atoms with van der Waals surface area (Å²) in [6.45, 7) is 0. The van der Waals surface area contributed by atoms with Crippen LogP contribution in [0.4, 0.5) is 0 Å². The molecule has 0 aliphatic rings. The molecule has 0 aliphatic heterocycles. The van der Waals surface area contributed by atoms with Gasteiger partial charge in [0.05, 0.1) is 19.1 Å². The summed E-state index contributed by atoms with van der Waals surface area (Å²) in [5.41, 5.74) is 8.48. The molecule has 37 heavy (non-hydrogen) atoms. The highest BCUT2D eigenvalue weighted by Crippen LogP contribution is 2.20. The van der Waals surface area contributed by atoms with Crippen LogP contribution in [0.3, 0.4) is 0 Å². The largest absolute Gasteiger partial charge is 0.469 e. The molecule has 0 radical (unpaired) electrons. The lowest BCUT2D eigenvalue weighted by atomic mass is 9.90. The average Bonchev–Trinajstić information content (AvgIpc) is 2.94. The number of methoxy groups -OCH3 is 1. The first kappa shape index (κ1) is 25.4. The fourth-order valence-electron chi connectivity index (χ4n) is 4.26. The molecule has 186 valence electrons. The van der Waals surface area contributed by atoms with Crippen LogP contribution in [-0.4, -0.2) is 30.9 Å². The Morgan fingerprint density at radius 1 is 0.892 bits per heavy atom. The third-order valence-electron chi connectivity index (χ3n) is 6.24. The van der Waals surface area contributed by atoms with Crippen LogP contribution < -0.4 is 11.1 Å². The molecule has 1 amide bonds. The molecule has 0 saturated heterocycles. The molecule has 2 atom stereocenters. The highest BCUT2D eigenvalue weighted by Gasteiger charge is 2.30. The first-order valence-electron chi connectivity index (χ1n) is 12.0. The molecule has 0 aromatic heterocycles. The summed E-state index contributed by atoms with van der Waals surface area (Å²) in [6.07, 6.45) is 3.99. The van der Waals surface area contributed by atoms with Crippen molar-refractivity contribution in [2.24, 2.45) is 11.7 Å². The second-order valence-corrected chi connectivity index (χ2v) is 8.78. The molecule has 0 bridgehead atoms. The number of hydrogen-bond acceptors (Lipinski definition) is 4. The second kappa shape index (κ2) is 11.8. The van der Waals surface area contributed by atoms with Gasteiger partial charge in [0.1, 0.15) is 5.84 Å². The predicted molar refractivity (Wildman–Crippen MR) is 147 cm³/mol. The van der Waals surface area contributed by atoms with Crippen LogP contribution in [0.5, 0.6) is 0 Å². The van der Waals surface area contributed by atoms with Crippen molar-refractivity contribution < 1.29 is 14.3 Å². The van der Waals surface area contributed by atoms with E-state index >= 15 is 0 Å². The van der Waals surface area contributed by atoms with Crippen LogP contribution in [0.1, 0.15) is 27.0 Å². The molecule has 6 heteroatoms. The lowest BCUT2D eigenvalue weighted by Crippen LogP contribution is -2.43. The predicted octanol–water partition coefficient (Wildman–Crippen LogP) is 4.97. The van der Waals surface area contributed by atoms with Crippen LogP contribution >= 0.6 is 0 Å². The lowest BCUT2D eigenvalue weighted by Gasteiger charge is -2.24. The summed E-state index contributed by atoms with van der Waals surface area (Å²) in [5, 5.41) is 12.8. The first-order chi connectivity index (χ1) is 17.9.